The minimum Gasteiger partial charge on any atom is -0.496 e. The fourth-order valence-corrected chi connectivity index (χ4v) is 2.55. The Hall–Kier alpha value is -2.37. The first-order valence-electron chi connectivity index (χ1n) is 6.80. The molecule has 0 aromatic heterocycles. The fourth-order valence-electron chi connectivity index (χ4n) is 2.16. The first-order valence-corrected chi connectivity index (χ1v) is 7.55. The molecule has 1 heterocycles. The van der Waals surface area contributed by atoms with Gasteiger partial charge in [-0.05, 0) is 36.4 Å². The summed E-state index contributed by atoms with van der Waals surface area (Å²) in [7, 11) is 1.47. The van der Waals surface area contributed by atoms with Gasteiger partial charge in [0.05, 0.1) is 17.7 Å². The zero-order valence-electron chi connectivity index (χ0n) is 12.3. The highest BCUT2D eigenvalue weighted by Crippen LogP contribution is 2.29. The average molecular weight is 366 g/mol. The Bertz CT molecular complexity index is 873. The molecular formula is C17H10Cl2FNO3. The summed E-state index contributed by atoms with van der Waals surface area (Å²) in [5.74, 6) is -0.813. The number of hydrogen-bond acceptors (Lipinski definition) is 4. The van der Waals surface area contributed by atoms with Crippen molar-refractivity contribution in [3.8, 4) is 5.75 Å². The molecule has 0 N–H and O–H groups in total. The van der Waals surface area contributed by atoms with Crippen molar-refractivity contribution in [1.82, 2.24) is 0 Å². The zero-order chi connectivity index (χ0) is 17.3. The van der Waals surface area contributed by atoms with Gasteiger partial charge in [-0.3, -0.25) is 0 Å². The second-order valence-corrected chi connectivity index (χ2v) is 5.66. The lowest BCUT2D eigenvalue weighted by molar-refractivity contribution is -0.129. The number of aliphatic imine (C=N–C) groups is 1. The highest BCUT2D eigenvalue weighted by atomic mass is 35.5. The van der Waals surface area contributed by atoms with E-state index < -0.39 is 11.8 Å². The molecule has 0 saturated carbocycles. The van der Waals surface area contributed by atoms with Crippen molar-refractivity contribution >= 4 is 41.1 Å². The van der Waals surface area contributed by atoms with Crippen LogP contribution in [0, 0.1) is 5.82 Å². The van der Waals surface area contributed by atoms with Crippen LogP contribution in [0.5, 0.6) is 5.75 Å². The minimum atomic E-state index is -0.716. The van der Waals surface area contributed by atoms with Crippen LogP contribution in [0.2, 0.25) is 10.0 Å². The normalized spacial score (nSPS) is 15.4. The third kappa shape index (κ3) is 3.13. The molecule has 2 aromatic carbocycles. The standard InChI is InChI=1S/C17H10Cl2FNO3/c1-23-15-6-5-9(18)7-11(15)16-21-14(17(22)24-16)8-10-12(19)3-2-4-13(10)20/h2-8H,1H3. The Morgan fingerprint density at radius 1 is 1.25 bits per heavy atom. The topological polar surface area (TPSA) is 47.9 Å². The largest absolute Gasteiger partial charge is 0.496 e. The van der Waals surface area contributed by atoms with Crippen LogP contribution in [0.15, 0.2) is 47.1 Å². The van der Waals surface area contributed by atoms with E-state index in [0.29, 0.717) is 16.3 Å². The third-order valence-electron chi connectivity index (χ3n) is 3.29. The molecule has 0 unspecified atom stereocenters. The Kier molecular flexibility index (Phi) is 4.55. The number of nitrogens with zero attached hydrogens (tertiary/aromatic N) is 1. The van der Waals surface area contributed by atoms with E-state index in [-0.39, 0.29) is 22.2 Å². The number of esters is 1. The van der Waals surface area contributed by atoms with Gasteiger partial charge in [-0.15, -0.1) is 0 Å². The van der Waals surface area contributed by atoms with Gasteiger partial charge in [0, 0.05) is 10.6 Å². The smallest absolute Gasteiger partial charge is 0.363 e. The number of ether oxygens (including phenoxy) is 2. The van der Waals surface area contributed by atoms with Crippen molar-refractivity contribution in [3.63, 3.8) is 0 Å². The predicted molar refractivity (Wildman–Crippen MR) is 90.0 cm³/mol. The van der Waals surface area contributed by atoms with Gasteiger partial charge in [0.2, 0.25) is 5.90 Å². The van der Waals surface area contributed by atoms with Gasteiger partial charge >= 0.3 is 5.97 Å². The van der Waals surface area contributed by atoms with E-state index in [1.165, 1.54) is 31.4 Å². The Balaban J connectivity index is 2.06. The number of benzene rings is 2. The van der Waals surface area contributed by atoms with E-state index >= 15 is 0 Å². The molecule has 3 rings (SSSR count). The first kappa shape index (κ1) is 16.5. The Morgan fingerprint density at radius 3 is 2.75 bits per heavy atom. The zero-order valence-corrected chi connectivity index (χ0v) is 13.9. The van der Waals surface area contributed by atoms with Gasteiger partial charge in [0.25, 0.3) is 0 Å². The van der Waals surface area contributed by atoms with Crippen molar-refractivity contribution in [2.45, 2.75) is 0 Å². The molecule has 122 valence electrons. The Morgan fingerprint density at radius 2 is 2.04 bits per heavy atom. The molecule has 0 spiro atoms. The summed E-state index contributed by atoms with van der Waals surface area (Å²) >= 11 is 11.9. The quantitative estimate of drug-likeness (QED) is 0.594. The van der Waals surface area contributed by atoms with Crippen molar-refractivity contribution < 1.29 is 18.7 Å². The lowest BCUT2D eigenvalue weighted by atomic mass is 10.2. The summed E-state index contributed by atoms with van der Waals surface area (Å²) in [6.07, 6.45) is 1.24. The summed E-state index contributed by atoms with van der Waals surface area (Å²) < 4.78 is 24.2. The number of halogens is 3. The predicted octanol–water partition coefficient (Wildman–Crippen LogP) is 4.49. The van der Waals surface area contributed by atoms with Gasteiger partial charge in [0.15, 0.2) is 5.70 Å². The number of methoxy groups -OCH3 is 1. The van der Waals surface area contributed by atoms with Gasteiger partial charge in [0.1, 0.15) is 11.6 Å². The van der Waals surface area contributed by atoms with Gasteiger partial charge in [-0.2, -0.15) is 0 Å². The van der Waals surface area contributed by atoms with Crippen LogP contribution in [-0.2, 0) is 9.53 Å². The molecule has 0 aliphatic carbocycles. The van der Waals surface area contributed by atoms with Crippen LogP contribution in [-0.4, -0.2) is 19.0 Å². The second kappa shape index (κ2) is 6.63. The summed E-state index contributed by atoms with van der Waals surface area (Å²) in [5.41, 5.74) is 0.412. The van der Waals surface area contributed by atoms with Gasteiger partial charge < -0.3 is 9.47 Å². The fraction of sp³-hybridized carbons (Fsp3) is 0.0588. The molecule has 0 radical (unpaired) electrons. The number of carbonyl (C=O) groups is 1. The van der Waals surface area contributed by atoms with Crippen molar-refractivity contribution in [2.75, 3.05) is 7.11 Å². The molecule has 0 amide bonds. The highest BCUT2D eigenvalue weighted by Gasteiger charge is 2.27. The molecule has 0 atom stereocenters. The maximum absolute atomic E-state index is 13.9. The van der Waals surface area contributed by atoms with Crippen molar-refractivity contribution in [1.29, 1.82) is 0 Å². The molecule has 2 aromatic rings. The van der Waals surface area contributed by atoms with Crippen LogP contribution in [0.25, 0.3) is 6.08 Å². The van der Waals surface area contributed by atoms with Crippen LogP contribution >= 0.6 is 23.2 Å². The maximum Gasteiger partial charge on any atom is 0.363 e. The molecular weight excluding hydrogens is 356 g/mol. The SMILES string of the molecule is COc1ccc(Cl)cc1C1=NC(=Cc2c(F)cccc2Cl)C(=O)O1. The average Bonchev–Trinajstić information content (AvgIpc) is 2.92. The molecule has 1 aliphatic rings. The monoisotopic (exact) mass is 365 g/mol. The van der Waals surface area contributed by atoms with E-state index in [1.807, 2.05) is 0 Å². The molecule has 24 heavy (non-hydrogen) atoms. The van der Waals surface area contributed by atoms with Crippen molar-refractivity contribution in [2.24, 2.45) is 4.99 Å². The highest BCUT2D eigenvalue weighted by molar-refractivity contribution is 6.32. The lowest BCUT2D eigenvalue weighted by Crippen LogP contribution is -2.07. The second-order valence-electron chi connectivity index (χ2n) is 4.82. The molecule has 0 bridgehead atoms. The van der Waals surface area contributed by atoms with E-state index in [1.54, 1.807) is 18.2 Å². The van der Waals surface area contributed by atoms with Gasteiger partial charge in [-0.25, -0.2) is 14.2 Å². The number of carbonyl (C=O) groups excluding carboxylic acids is 1. The Labute approximate surface area is 147 Å². The molecule has 4 nitrogen and oxygen atoms in total. The van der Waals surface area contributed by atoms with E-state index in [2.05, 4.69) is 4.99 Å². The van der Waals surface area contributed by atoms with E-state index in [9.17, 15) is 9.18 Å². The number of rotatable bonds is 3. The molecule has 1 aliphatic heterocycles. The van der Waals surface area contributed by atoms with E-state index in [0.717, 1.165) is 0 Å². The summed E-state index contributed by atoms with van der Waals surface area (Å²) in [4.78, 5) is 16.1. The minimum absolute atomic E-state index is 0.0260. The molecule has 7 heteroatoms. The lowest BCUT2D eigenvalue weighted by Gasteiger charge is -2.07. The maximum atomic E-state index is 13.9. The van der Waals surface area contributed by atoms with Crippen LogP contribution in [0.4, 0.5) is 4.39 Å². The third-order valence-corrected chi connectivity index (χ3v) is 3.86. The van der Waals surface area contributed by atoms with Crippen LogP contribution in [0.1, 0.15) is 11.1 Å². The summed E-state index contributed by atoms with van der Waals surface area (Å²) in [6, 6.07) is 9.05. The first-order chi connectivity index (χ1) is 11.5. The number of cyclic esters (lactones) is 1. The van der Waals surface area contributed by atoms with E-state index in [4.69, 9.17) is 32.7 Å². The van der Waals surface area contributed by atoms with Gasteiger partial charge in [-0.1, -0.05) is 29.3 Å². The molecule has 0 fully saturated rings. The number of hydrogen-bond donors (Lipinski definition) is 0. The van der Waals surface area contributed by atoms with Crippen LogP contribution in [0.3, 0.4) is 0 Å². The molecule has 0 saturated heterocycles. The van der Waals surface area contributed by atoms with Crippen LogP contribution < -0.4 is 4.74 Å². The summed E-state index contributed by atoms with van der Waals surface area (Å²) in [6.45, 7) is 0. The summed E-state index contributed by atoms with van der Waals surface area (Å²) in [5, 5.41) is 0.596. The van der Waals surface area contributed by atoms with Crippen molar-refractivity contribution in [3.05, 3.63) is 69.1 Å².